The predicted molar refractivity (Wildman–Crippen MR) is 59.6 cm³/mol. The first-order valence-electron chi connectivity index (χ1n) is 5.42. The minimum Gasteiger partial charge on any atom is -0.454 e. The molecule has 0 saturated heterocycles. The summed E-state index contributed by atoms with van der Waals surface area (Å²) in [7, 11) is 0. The Balaban J connectivity index is 2.18. The Kier molecular flexibility index (Phi) is 3.29. The summed E-state index contributed by atoms with van der Waals surface area (Å²) in [6, 6.07) is 5.48. The van der Waals surface area contributed by atoms with E-state index in [4.69, 9.17) is 9.47 Å². The number of nitrogens with one attached hydrogen (secondary N) is 1. The van der Waals surface area contributed by atoms with Crippen molar-refractivity contribution in [2.45, 2.75) is 25.9 Å². The maximum Gasteiger partial charge on any atom is 0.231 e. The molecule has 1 N–H and O–H groups in total. The number of alkyl halides is 1. The van der Waals surface area contributed by atoms with Gasteiger partial charge in [0.2, 0.25) is 6.79 Å². The first-order chi connectivity index (χ1) is 7.70. The molecule has 1 aromatic carbocycles. The summed E-state index contributed by atoms with van der Waals surface area (Å²) in [5, 5.41) is 3.17. The molecule has 1 atom stereocenters. The maximum atomic E-state index is 12.9. The van der Waals surface area contributed by atoms with Crippen LogP contribution in [0.2, 0.25) is 0 Å². The minimum atomic E-state index is -0.433. The number of rotatable bonds is 4. The third kappa shape index (κ3) is 2.27. The third-order valence-electron chi connectivity index (χ3n) is 2.49. The van der Waals surface area contributed by atoms with E-state index in [-0.39, 0.29) is 18.9 Å². The molecule has 1 heterocycles. The molecular weight excluding hydrogens is 209 g/mol. The second-order valence-electron chi connectivity index (χ2n) is 4.14. The smallest absolute Gasteiger partial charge is 0.231 e. The zero-order chi connectivity index (χ0) is 11.5. The van der Waals surface area contributed by atoms with E-state index in [9.17, 15) is 4.39 Å². The van der Waals surface area contributed by atoms with Crippen LogP contribution in [0, 0.1) is 0 Å². The summed E-state index contributed by atoms with van der Waals surface area (Å²) in [5.74, 6) is 1.42. The predicted octanol–water partition coefficient (Wildman–Crippen LogP) is 2.42. The average Bonchev–Trinajstić information content (AvgIpc) is 2.72. The Morgan fingerprint density at radius 3 is 2.75 bits per heavy atom. The third-order valence-corrected chi connectivity index (χ3v) is 2.49. The highest BCUT2D eigenvalue weighted by atomic mass is 19.1. The van der Waals surface area contributed by atoms with E-state index < -0.39 is 6.67 Å². The molecule has 3 nitrogen and oxygen atoms in total. The van der Waals surface area contributed by atoms with E-state index in [2.05, 4.69) is 5.32 Å². The van der Waals surface area contributed by atoms with Gasteiger partial charge in [-0.25, -0.2) is 4.39 Å². The number of hydrogen-bond acceptors (Lipinski definition) is 3. The van der Waals surface area contributed by atoms with Gasteiger partial charge in [-0.3, -0.25) is 0 Å². The van der Waals surface area contributed by atoms with E-state index in [0.29, 0.717) is 5.75 Å². The highest BCUT2D eigenvalue weighted by Crippen LogP contribution is 2.34. The van der Waals surface area contributed by atoms with Crippen molar-refractivity contribution in [1.82, 2.24) is 5.32 Å². The molecule has 0 amide bonds. The summed E-state index contributed by atoms with van der Waals surface area (Å²) in [4.78, 5) is 0. The van der Waals surface area contributed by atoms with Crippen LogP contribution in [0.3, 0.4) is 0 Å². The van der Waals surface area contributed by atoms with Crippen LogP contribution in [0.1, 0.15) is 25.5 Å². The van der Waals surface area contributed by atoms with Crippen molar-refractivity contribution in [3.05, 3.63) is 23.8 Å². The quantitative estimate of drug-likeness (QED) is 0.853. The Labute approximate surface area is 94.6 Å². The first kappa shape index (κ1) is 11.2. The van der Waals surface area contributed by atoms with Crippen LogP contribution in [-0.2, 0) is 0 Å². The largest absolute Gasteiger partial charge is 0.454 e. The minimum absolute atomic E-state index is 0.242. The Bertz CT molecular complexity index is 368. The monoisotopic (exact) mass is 225 g/mol. The number of fused-ring (bicyclic) bond motifs is 1. The molecule has 0 aromatic heterocycles. The van der Waals surface area contributed by atoms with Gasteiger partial charge in [0, 0.05) is 6.04 Å². The van der Waals surface area contributed by atoms with Crippen LogP contribution >= 0.6 is 0 Å². The average molecular weight is 225 g/mol. The van der Waals surface area contributed by atoms with E-state index in [1.165, 1.54) is 0 Å². The normalized spacial score (nSPS) is 15.5. The van der Waals surface area contributed by atoms with Crippen molar-refractivity contribution < 1.29 is 13.9 Å². The zero-order valence-corrected chi connectivity index (χ0v) is 9.50. The van der Waals surface area contributed by atoms with Crippen LogP contribution in [-0.4, -0.2) is 19.5 Å². The van der Waals surface area contributed by atoms with E-state index in [1.807, 2.05) is 32.0 Å². The summed E-state index contributed by atoms with van der Waals surface area (Å²) in [6.45, 7) is 3.81. The van der Waals surface area contributed by atoms with Crippen molar-refractivity contribution in [3.8, 4) is 11.5 Å². The van der Waals surface area contributed by atoms with Crippen molar-refractivity contribution >= 4 is 0 Å². The van der Waals surface area contributed by atoms with Crippen LogP contribution in [0.15, 0.2) is 18.2 Å². The molecular formula is C12H16FNO2. The maximum absolute atomic E-state index is 12.9. The van der Waals surface area contributed by atoms with Gasteiger partial charge >= 0.3 is 0 Å². The van der Waals surface area contributed by atoms with Crippen LogP contribution < -0.4 is 14.8 Å². The lowest BCUT2D eigenvalue weighted by molar-refractivity contribution is 0.174. The van der Waals surface area contributed by atoms with Gasteiger partial charge < -0.3 is 14.8 Å². The molecule has 16 heavy (non-hydrogen) atoms. The van der Waals surface area contributed by atoms with Gasteiger partial charge in [0.25, 0.3) is 0 Å². The van der Waals surface area contributed by atoms with Gasteiger partial charge in [-0.1, -0.05) is 19.9 Å². The lowest BCUT2D eigenvalue weighted by Gasteiger charge is -2.18. The van der Waals surface area contributed by atoms with Gasteiger partial charge in [-0.05, 0) is 17.7 Å². The fourth-order valence-corrected chi connectivity index (χ4v) is 1.76. The number of benzene rings is 1. The SMILES string of the molecule is CC(C)NC(CF)c1ccc2c(c1)OCO2. The fourth-order valence-electron chi connectivity index (χ4n) is 1.76. The van der Waals surface area contributed by atoms with E-state index in [0.717, 1.165) is 11.3 Å². The molecule has 88 valence electrons. The Hall–Kier alpha value is -1.29. The van der Waals surface area contributed by atoms with E-state index >= 15 is 0 Å². The highest BCUT2D eigenvalue weighted by Gasteiger charge is 2.18. The topological polar surface area (TPSA) is 30.5 Å². The first-order valence-corrected chi connectivity index (χ1v) is 5.42. The summed E-state index contributed by atoms with van der Waals surface area (Å²) < 4.78 is 23.4. The van der Waals surface area contributed by atoms with Crippen LogP contribution in [0.25, 0.3) is 0 Å². The number of halogens is 1. The Morgan fingerprint density at radius 1 is 1.31 bits per heavy atom. The lowest BCUT2D eigenvalue weighted by Crippen LogP contribution is -2.29. The molecule has 0 spiro atoms. The van der Waals surface area contributed by atoms with Crippen LogP contribution in [0.4, 0.5) is 4.39 Å². The van der Waals surface area contributed by atoms with Gasteiger partial charge in [0.1, 0.15) is 6.67 Å². The fraction of sp³-hybridized carbons (Fsp3) is 0.500. The molecule has 4 heteroatoms. The molecule has 1 aliphatic rings. The number of ether oxygens (including phenoxy) is 2. The molecule has 2 rings (SSSR count). The summed E-state index contributed by atoms with van der Waals surface area (Å²) in [5.41, 5.74) is 0.889. The van der Waals surface area contributed by atoms with Crippen molar-refractivity contribution in [3.63, 3.8) is 0 Å². The molecule has 0 saturated carbocycles. The van der Waals surface area contributed by atoms with Gasteiger partial charge in [0.05, 0.1) is 6.04 Å². The standard InChI is InChI=1S/C12H16FNO2/c1-8(2)14-10(6-13)9-3-4-11-12(5-9)16-7-15-11/h3-5,8,10,14H,6-7H2,1-2H3. The summed E-state index contributed by atoms with van der Waals surface area (Å²) >= 11 is 0. The molecule has 0 aliphatic carbocycles. The molecule has 1 aliphatic heterocycles. The molecule has 0 fully saturated rings. The van der Waals surface area contributed by atoms with Gasteiger partial charge in [-0.2, -0.15) is 0 Å². The summed E-state index contributed by atoms with van der Waals surface area (Å²) in [6.07, 6.45) is 0. The zero-order valence-electron chi connectivity index (χ0n) is 9.50. The van der Waals surface area contributed by atoms with Crippen LogP contribution in [0.5, 0.6) is 11.5 Å². The molecule has 1 aromatic rings. The second kappa shape index (κ2) is 4.70. The number of hydrogen-bond donors (Lipinski definition) is 1. The van der Waals surface area contributed by atoms with Gasteiger partial charge in [0.15, 0.2) is 11.5 Å². The van der Waals surface area contributed by atoms with Crippen molar-refractivity contribution in [2.75, 3.05) is 13.5 Å². The van der Waals surface area contributed by atoms with Crippen molar-refractivity contribution in [1.29, 1.82) is 0 Å². The highest BCUT2D eigenvalue weighted by molar-refractivity contribution is 5.45. The Morgan fingerprint density at radius 2 is 2.06 bits per heavy atom. The van der Waals surface area contributed by atoms with Gasteiger partial charge in [-0.15, -0.1) is 0 Å². The molecule has 1 unspecified atom stereocenters. The molecule has 0 radical (unpaired) electrons. The molecule has 0 bridgehead atoms. The second-order valence-corrected chi connectivity index (χ2v) is 4.14. The van der Waals surface area contributed by atoms with E-state index in [1.54, 1.807) is 0 Å². The lowest BCUT2D eigenvalue weighted by atomic mass is 10.1. The van der Waals surface area contributed by atoms with Crippen molar-refractivity contribution in [2.24, 2.45) is 0 Å².